The summed E-state index contributed by atoms with van der Waals surface area (Å²) in [4.78, 5) is 12.0. The molecule has 1 rings (SSSR count). The van der Waals surface area contributed by atoms with Crippen LogP contribution in [-0.4, -0.2) is 11.9 Å². The molecule has 0 bridgehead atoms. The second kappa shape index (κ2) is 6.31. The highest BCUT2D eigenvalue weighted by Crippen LogP contribution is 2.19. The van der Waals surface area contributed by atoms with Gasteiger partial charge in [0.2, 0.25) is 5.91 Å². The van der Waals surface area contributed by atoms with Crippen LogP contribution in [-0.2, 0) is 4.79 Å². The van der Waals surface area contributed by atoms with Gasteiger partial charge in [-0.25, -0.2) is 0 Å². The van der Waals surface area contributed by atoms with Crippen LogP contribution >= 0.6 is 0 Å². The van der Waals surface area contributed by atoms with E-state index in [0.717, 1.165) is 18.4 Å². The van der Waals surface area contributed by atoms with Gasteiger partial charge in [-0.3, -0.25) is 4.79 Å². The summed E-state index contributed by atoms with van der Waals surface area (Å²) in [6, 6.07) is 10.2. The first-order chi connectivity index (χ1) is 7.69. The number of rotatable bonds is 5. The molecule has 2 nitrogen and oxygen atoms in total. The van der Waals surface area contributed by atoms with E-state index in [1.807, 2.05) is 44.2 Å². The molecular weight excluding hydrogens is 198 g/mol. The maximum atomic E-state index is 12.0. The quantitative estimate of drug-likeness (QED) is 0.810. The summed E-state index contributed by atoms with van der Waals surface area (Å²) in [5, 5.41) is 3.04. The molecule has 1 aromatic rings. The SMILES string of the molecule is CC[C@H](C(=O)N[C@@H](C)CC)c1ccccc1. The van der Waals surface area contributed by atoms with Crippen LogP contribution in [0.3, 0.4) is 0 Å². The lowest BCUT2D eigenvalue weighted by atomic mass is 9.95. The summed E-state index contributed by atoms with van der Waals surface area (Å²) in [6.45, 7) is 6.16. The van der Waals surface area contributed by atoms with Gasteiger partial charge in [0.15, 0.2) is 0 Å². The first kappa shape index (κ1) is 12.8. The molecule has 0 spiro atoms. The van der Waals surface area contributed by atoms with Crippen LogP contribution in [0.4, 0.5) is 0 Å². The summed E-state index contributed by atoms with van der Waals surface area (Å²) in [7, 11) is 0. The number of benzene rings is 1. The predicted molar refractivity (Wildman–Crippen MR) is 67.4 cm³/mol. The van der Waals surface area contributed by atoms with Gasteiger partial charge in [0.1, 0.15) is 0 Å². The maximum absolute atomic E-state index is 12.0. The highest BCUT2D eigenvalue weighted by Gasteiger charge is 2.19. The van der Waals surface area contributed by atoms with Crippen LogP contribution in [0.15, 0.2) is 30.3 Å². The largest absolute Gasteiger partial charge is 0.353 e. The van der Waals surface area contributed by atoms with Crippen molar-refractivity contribution in [1.82, 2.24) is 5.32 Å². The predicted octanol–water partition coefficient (Wildman–Crippen LogP) is 3.09. The average molecular weight is 219 g/mol. The molecule has 0 saturated heterocycles. The first-order valence-electron chi connectivity index (χ1n) is 6.04. The van der Waals surface area contributed by atoms with Crippen LogP contribution in [0.25, 0.3) is 0 Å². The van der Waals surface area contributed by atoms with E-state index in [9.17, 15) is 4.79 Å². The minimum Gasteiger partial charge on any atom is -0.353 e. The van der Waals surface area contributed by atoms with E-state index in [0.29, 0.717) is 0 Å². The van der Waals surface area contributed by atoms with Crippen LogP contribution in [0.1, 0.15) is 45.1 Å². The fraction of sp³-hybridized carbons (Fsp3) is 0.500. The molecule has 0 aliphatic rings. The summed E-state index contributed by atoms with van der Waals surface area (Å²) < 4.78 is 0. The normalized spacial score (nSPS) is 14.2. The van der Waals surface area contributed by atoms with Gasteiger partial charge in [0, 0.05) is 6.04 Å². The van der Waals surface area contributed by atoms with Gasteiger partial charge in [-0.2, -0.15) is 0 Å². The topological polar surface area (TPSA) is 29.1 Å². The third-order valence-electron chi connectivity index (χ3n) is 2.93. The van der Waals surface area contributed by atoms with Gasteiger partial charge in [-0.15, -0.1) is 0 Å². The van der Waals surface area contributed by atoms with Crippen LogP contribution < -0.4 is 5.32 Å². The number of hydrogen-bond acceptors (Lipinski definition) is 1. The number of carbonyl (C=O) groups is 1. The molecular formula is C14H21NO. The maximum Gasteiger partial charge on any atom is 0.227 e. The summed E-state index contributed by atoms with van der Waals surface area (Å²) in [5.41, 5.74) is 1.10. The highest BCUT2D eigenvalue weighted by molar-refractivity contribution is 5.83. The smallest absolute Gasteiger partial charge is 0.227 e. The average Bonchev–Trinajstić information content (AvgIpc) is 2.31. The third-order valence-corrected chi connectivity index (χ3v) is 2.93. The minimum absolute atomic E-state index is 0.0183. The van der Waals surface area contributed by atoms with Crippen LogP contribution in [0, 0.1) is 0 Å². The molecule has 1 amide bonds. The number of nitrogens with one attached hydrogen (secondary N) is 1. The molecule has 2 heteroatoms. The second-order valence-electron chi connectivity index (χ2n) is 4.19. The standard InChI is InChI=1S/C14H21NO/c1-4-11(3)15-14(16)13(5-2)12-9-7-6-8-10-12/h6-11,13H,4-5H2,1-3H3,(H,15,16)/t11-,13-/m0/s1. The van der Waals surface area contributed by atoms with Crippen molar-refractivity contribution in [2.75, 3.05) is 0 Å². The molecule has 1 N–H and O–H groups in total. The van der Waals surface area contributed by atoms with Crippen molar-refractivity contribution in [3.8, 4) is 0 Å². The Morgan fingerprint density at radius 3 is 2.31 bits per heavy atom. The Labute approximate surface area is 98.1 Å². The van der Waals surface area contributed by atoms with E-state index in [1.54, 1.807) is 0 Å². The molecule has 0 aromatic heterocycles. The van der Waals surface area contributed by atoms with Gasteiger partial charge in [0.25, 0.3) is 0 Å². The third kappa shape index (κ3) is 3.37. The Balaban J connectivity index is 2.71. The highest BCUT2D eigenvalue weighted by atomic mass is 16.1. The van der Waals surface area contributed by atoms with Gasteiger partial charge < -0.3 is 5.32 Å². The van der Waals surface area contributed by atoms with E-state index in [-0.39, 0.29) is 17.9 Å². The van der Waals surface area contributed by atoms with Crippen molar-refractivity contribution in [3.05, 3.63) is 35.9 Å². The van der Waals surface area contributed by atoms with E-state index < -0.39 is 0 Å². The Morgan fingerprint density at radius 1 is 1.19 bits per heavy atom. The Morgan fingerprint density at radius 2 is 1.81 bits per heavy atom. The Hall–Kier alpha value is -1.31. The first-order valence-corrected chi connectivity index (χ1v) is 6.04. The van der Waals surface area contributed by atoms with E-state index in [2.05, 4.69) is 12.2 Å². The zero-order valence-corrected chi connectivity index (χ0v) is 10.4. The fourth-order valence-corrected chi connectivity index (χ4v) is 1.70. The van der Waals surface area contributed by atoms with E-state index in [4.69, 9.17) is 0 Å². The van der Waals surface area contributed by atoms with Crippen LogP contribution in [0.5, 0.6) is 0 Å². The van der Waals surface area contributed by atoms with Crippen molar-refractivity contribution >= 4 is 5.91 Å². The molecule has 0 saturated carbocycles. The zero-order valence-electron chi connectivity index (χ0n) is 10.4. The molecule has 0 unspecified atom stereocenters. The van der Waals surface area contributed by atoms with E-state index >= 15 is 0 Å². The lowest BCUT2D eigenvalue weighted by Gasteiger charge is -2.18. The monoisotopic (exact) mass is 219 g/mol. The Kier molecular flexibility index (Phi) is 5.03. The fourth-order valence-electron chi connectivity index (χ4n) is 1.70. The van der Waals surface area contributed by atoms with Gasteiger partial charge >= 0.3 is 0 Å². The van der Waals surface area contributed by atoms with Crippen molar-refractivity contribution in [2.24, 2.45) is 0 Å². The molecule has 0 heterocycles. The molecule has 0 fully saturated rings. The van der Waals surface area contributed by atoms with E-state index in [1.165, 1.54) is 0 Å². The van der Waals surface area contributed by atoms with Crippen molar-refractivity contribution < 1.29 is 4.79 Å². The second-order valence-corrected chi connectivity index (χ2v) is 4.19. The number of amides is 1. The summed E-state index contributed by atoms with van der Waals surface area (Å²) in [6.07, 6.45) is 1.81. The number of hydrogen-bond donors (Lipinski definition) is 1. The Bertz CT molecular complexity index is 321. The lowest BCUT2D eigenvalue weighted by Crippen LogP contribution is -2.35. The van der Waals surface area contributed by atoms with Crippen molar-refractivity contribution in [3.63, 3.8) is 0 Å². The molecule has 16 heavy (non-hydrogen) atoms. The molecule has 0 aliphatic heterocycles. The molecule has 0 radical (unpaired) electrons. The van der Waals surface area contributed by atoms with Crippen molar-refractivity contribution in [2.45, 2.75) is 45.6 Å². The molecule has 0 aliphatic carbocycles. The summed E-state index contributed by atoms with van der Waals surface area (Å²) in [5.74, 6) is 0.123. The molecule has 88 valence electrons. The van der Waals surface area contributed by atoms with Gasteiger partial charge in [0.05, 0.1) is 5.92 Å². The molecule has 2 atom stereocenters. The minimum atomic E-state index is -0.0183. The van der Waals surface area contributed by atoms with Crippen LogP contribution in [0.2, 0.25) is 0 Å². The number of carbonyl (C=O) groups excluding carboxylic acids is 1. The molecule has 1 aromatic carbocycles. The zero-order chi connectivity index (χ0) is 12.0. The van der Waals surface area contributed by atoms with Crippen molar-refractivity contribution in [1.29, 1.82) is 0 Å². The lowest BCUT2D eigenvalue weighted by molar-refractivity contribution is -0.123. The van der Waals surface area contributed by atoms with Gasteiger partial charge in [-0.1, -0.05) is 44.2 Å². The summed E-state index contributed by atoms with van der Waals surface area (Å²) >= 11 is 0. The van der Waals surface area contributed by atoms with Gasteiger partial charge in [-0.05, 0) is 25.3 Å².